The molecule has 0 heterocycles. The third-order valence-corrected chi connectivity index (χ3v) is 4.30. The van der Waals surface area contributed by atoms with Crippen LogP contribution in [0, 0.1) is 11.3 Å². The van der Waals surface area contributed by atoms with Crippen LogP contribution in [-0.2, 0) is 6.18 Å². The molecular formula is C22H17F3N2. The van der Waals surface area contributed by atoms with Gasteiger partial charge >= 0.3 is 6.18 Å². The van der Waals surface area contributed by atoms with Crippen molar-refractivity contribution in [3.63, 3.8) is 0 Å². The molecule has 0 bridgehead atoms. The Hall–Kier alpha value is -3.10. The zero-order valence-corrected chi connectivity index (χ0v) is 14.3. The van der Waals surface area contributed by atoms with Crippen LogP contribution in [0.3, 0.4) is 0 Å². The number of benzene rings is 3. The molecule has 1 unspecified atom stereocenters. The number of halogens is 3. The molecule has 3 rings (SSSR count). The molecule has 1 atom stereocenters. The molecule has 5 heteroatoms. The Morgan fingerprint density at radius 3 is 1.59 bits per heavy atom. The first-order chi connectivity index (χ1) is 13.0. The van der Waals surface area contributed by atoms with Crippen LogP contribution in [0.4, 0.5) is 13.2 Å². The third kappa shape index (κ3) is 4.55. The number of alkyl halides is 3. The smallest absolute Gasteiger partial charge is 0.287 e. The highest BCUT2D eigenvalue weighted by Crippen LogP contribution is 2.31. The molecule has 3 aromatic rings. The largest absolute Gasteiger partial charge is 0.416 e. The minimum Gasteiger partial charge on any atom is -0.287 e. The van der Waals surface area contributed by atoms with Crippen molar-refractivity contribution in [2.75, 3.05) is 0 Å². The van der Waals surface area contributed by atoms with Gasteiger partial charge in [0.05, 0.1) is 17.7 Å². The van der Waals surface area contributed by atoms with Gasteiger partial charge in [0.25, 0.3) is 0 Å². The fraction of sp³-hybridized carbons (Fsp3) is 0.136. The average Bonchev–Trinajstić information content (AvgIpc) is 2.70. The summed E-state index contributed by atoms with van der Waals surface area (Å²) in [6, 6.07) is 25.1. The monoisotopic (exact) mass is 366 g/mol. The summed E-state index contributed by atoms with van der Waals surface area (Å²) in [6.45, 7) is 0. The van der Waals surface area contributed by atoms with Crippen molar-refractivity contribution in [3.05, 3.63) is 107 Å². The van der Waals surface area contributed by atoms with Crippen LogP contribution in [0.1, 0.15) is 34.3 Å². The Balaban J connectivity index is 1.91. The summed E-state index contributed by atoms with van der Waals surface area (Å²) in [7, 11) is 0. The summed E-state index contributed by atoms with van der Waals surface area (Å²) in [5.74, 6) is 0. The molecule has 3 aromatic carbocycles. The Bertz CT molecular complexity index is 859. The van der Waals surface area contributed by atoms with Crippen molar-refractivity contribution in [3.8, 4) is 6.07 Å². The van der Waals surface area contributed by atoms with Crippen molar-refractivity contribution < 1.29 is 13.2 Å². The van der Waals surface area contributed by atoms with E-state index >= 15 is 0 Å². The lowest BCUT2D eigenvalue weighted by atomic mass is 9.96. The first-order valence-electron chi connectivity index (χ1n) is 8.42. The number of nitrogens with zero attached hydrogens (tertiary/aromatic N) is 1. The molecule has 0 aliphatic carbocycles. The maximum Gasteiger partial charge on any atom is 0.416 e. The molecule has 0 aromatic heterocycles. The van der Waals surface area contributed by atoms with E-state index in [1.165, 1.54) is 12.1 Å². The van der Waals surface area contributed by atoms with E-state index < -0.39 is 17.8 Å². The molecule has 1 N–H and O–H groups in total. The first kappa shape index (κ1) is 18.7. The van der Waals surface area contributed by atoms with Gasteiger partial charge < -0.3 is 0 Å². The van der Waals surface area contributed by atoms with E-state index in [2.05, 4.69) is 11.4 Å². The average molecular weight is 366 g/mol. The Labute approximate surface area is 155 Å². The van der Waals surface area contributed by atoms with Crippen LogP contribution in [0.15, 0.2) is 84.9 Å². The van der Waals surface area contributed by atoms with Gasteiger partial charge in [-0.15, -0.1) is 0 Å². The van der Waals surface area contributed by atoms with Gasteiger partial charge in [-0.2, -0.15) is 18.4 Å². The maximum absolute atomic E-state index is 12.8. The van der Waals surface area contributed by atoms with Gasteiger partial charge in [-0.25, -0.2) is 0 Å². The molecule has 0 radical (unpaired) electrons. The molecular weight excluding hydrogens is 349 g/mol. The van der Waals surface area contributed by atoms with E-state index in [1.54, 1.807) is 0 Å². The van der Waals surface area contributed by atoms with Crippen molar-refractivity contribution in [1.82, 2.24) is 5.32 Å². The highest BCUT2D eigenvalue weighted by molar-refractivity contribution is 5.35. The van der Waals surface area contributed by atoms with E-state index in [4.69, 9.17) is 0 Å². The van der Waals surface area contributed by atoms with Crippen LogP contribution in [0.5, 0.6) is 0 Å². The number of hydrogen-bond acceptors (Lipinski definition) is 2. The van der Waals surface area contributed by atoms with Gasteiger partial charge in [0.1, 0.15) is 6.04 Å². The van der Waals surface area contributed by atoms with E-state index in [-0.39, 0.29) is 6.04 Å². The minimum atomic E-state index is -4.40. The molecule has 136 valence electrons. The number of rotatable bonds is 5. The summed E-state index contributed by atoms with van der Waals surface area (Å²) in [5.41, 5.74) is 1.69. The van der Waals surface area contributed by atoms with Crippen LogP contribution in [0.2, 0.25) is 0 Å². The van der Waals surface area contributed by atoms with Gasteiger partial charge in [0, 0.05) is 0 Å². The van der Waals surface area contributed by atoms with Crippen LogP contribution in [-0.4, -0.2) is 0 Å². The van der Waals surface area contributed by atoms with Crippen LogP contribution < -0.4 is 5.32 Å². The summed E-state index contributed by atoms with van der Waals surface area (Å²) >= 11 is 0. The second-order valence-corrected chi connectivity index (χ2v) is 6.10. The van der Waals surface area contributed by atoms with Gasteiger partial charge in [0.15, 0.2) is 0 Å². The molecule has 0 spiro atoms. The molecule has 0 fully saturated rings. The van der Waals surface area contributed by atoms with E-state index in [1.807, 2.05) is 60.7 Å². The summed E-state index contributed by atoms with van der Waals surface area (Å²) in [4.78, 5) is 0. The summed E-state index contributed by atoms with van der Waals surface area (Å²) in [5, 5.41) is 12.9. The Kier molecular flexibility index (Phi) is 5.58. The lowest BCUT2D eigenvalue weighted by molar-refractivity contribution is -0.137. The van der Waals surface area contributed by atoms with Gasteiger partial charge in [-0.05, 0) is 28.8 Å². The number of nitriles is 1. The molecule has 2 nitrogen and oxygen atoms in total. The van der Waals surface area contributed by atoms with Gasteiger partial charge in [-0.3, -0.25) is 5.32 Å². The fourth-order valence-electron chi connectivity index (χ4n) is 2.92. The van der Waals surface area contributed by atoms with Crippen LogP contribution >= 0.6 is 0 Å². The standard InChI is InChI=1S/C22H17F3N2/c23-22(24,25)19-13-11-16(12-14-19)20(15-26)27-21(17-7-3-1-4-8-17)18-9-5-2-6-10-18/h1-14,20-21,27H. The molecule has 0 amide bonds. The topological polar surface area (TPSA) is 35.8 Å². The van der Waals surface area contributed by atoms with Crippen molar-refractivity contribution in [1.29, 1.82) is 5.26 Å². The van der Waals surface area contributed by atoms with Crippen LogP contribution in [0.25, 0.3) is 0 Å². The SMILES string of the molecule is N#CC(NC(c1ccccc1)c1ccccc1)c1ccc(C(F)(F)F)cc1. The van der Waals surface area contributed by atoms with Crippen molar-refractivity contribution >= 4 is 0 Å². The zero-order valence-electron chi connectivity index (χ0n) is 14.3. The van der Waals surface area contributed by atoms with Gasteiger partial charge in [0.2, 0.25) is 0 Å². The van der Waals surface area contributed by atoms with Crippen molar-refractivity contribution in [2.24, 2.45) is 0 Å². The lowest BCUT2D eigenvalue weighted by Gasteiger charge is -2.23. The van der Waals surface area contributed by atoms with E-state index in [0.717, 1.165) is 23.3 Å². The number of nitrogens with one attached hydrogen (secondary N) is 1. The highest BCUT2D eigenvalue weighted by atomic mass is 19.4. The van der Waals surface area contributed by atoms with E-state index in [0.29, 0.717) is 5.56 Å². The predicted molar refractivity (Wildman–Crippen MR) is 97.7 cm³/mol. The van der Waals surface area contributed by atoms with Crippen molar-refractivity contribution in [2.45, 2.75) is 18.3 Å². The quantitative estimate of drug-likeness (QED) is 0.633. The minimum absolute atomic E-state index is 0.264. The lowest BCUT2D eigenvalue weighted by Crippen LogP contribution is -2.26. The third-order valence-electron chi connectivity index (χ3n) is 4.30. The fourth-order valence-corrected chi connectivity index (χ4v) is 2.92. The highest BCUT2D eigenvalue weighted by Gasteiger charge is 2.30. The normalized spacial score (nSPS) is 12.6. The second-order valence-electron chi connectivity index (χ2n) is 6.10. The molecule has 0 aliphatic heterocycles. The van der Waals surface area contributed by atoms with Gasteiger partial charge in [-0.1, -0.05) is 72.8 Å². The Morgan fingerprint density at radius 1 is 0.704 bits per heavy atom. The first-order valence-corrected chi connectivity index (χ1v) is 8.42. The number of hydrogen-bond donors (Lipinski definition) is 1. The molecule has 0 saturated heterocycles. The molecule has 0 aliphatic rings. The summed E-state index contributed by atoms with van der Waals surface area (Å²) < 4.78 is 38.3. The summed E-state index contributed by atoms with van der Waals surface area (Å²) in [6.07, 6.45) is -4.40. The zero-order chi connectivity index (χ0) is 19.3. The molecule has 0 saturated carbocycles. The predicted octanol–water partition coefficient (Wildman–Crippen LogP) is 5.65. The second kappa shape index (κ2) is 8.07. The van der Waals surface area contributed by atoms with E-state index in [9.17, 15) is 18.4 Å². The Morgan fingerprint density at radius 2 is 1.19 bits per heavy atom. The maximum atomic E-state index is 12.8. The molecule has 27 heavy (non-hydrogen) atoms.